The summed E-state index contributed by atoms with van der Waals surface area (Å²) in [6.45, 7) is 0.700. The molecule has 0 unspecified atom stereocenters. The number of nitrogens with two attached hydrogens (primary N) is 2. The minimum absolute atomic E-state index is 0.141. The number of rotatable bonds is 2. The summed E-state index contributed by atoms with van der Waals surface area (Å²) in [6.07, 6.45) is 1.69. The van der Waals surface area contributed by atoms with Crippen LogP contribution in [0.5, 0.6) is 0 Å². The van der Waals surface area contributed by atoms with E-state index in [9.17, 15) is 4.79 Å². The largest absolute Gasteiger partial charge is 0.376 e. The molecule has 4 nitrogen and oxygen atoms in total. The van der Waals surface area contributed by atoms with Crippen molar-refractivity contribution in [1.29, 1.82) is 0 Å². The molecule has 1 aliphatic heterocycles. The van der Waals surface area contributed by atoms with Crippen molar-refractivity contribution in [3.63, 3.8) is 0 Å². The van der Waals surface area contributed by atoms with E-state index in [2.05, 4.69) is 0 Å². The molecule has 58 valence electrons. The summed E-state index contributed by atoms with van der Waals surface area (Å²) >= 11 is 0. The van der Waals surface area contributed by atoms with Gasteiger partial charge < -0.3 is 16.2 Å². The van der Waals surface area contributed by atoms with Crippen LogP contribution in [-0.2, 0) is 9.53 Å². The highest BCUT2D eigenvalue weighted by atomic mass is 16.5. The Kier molecular flexibility index (Phi) is 2.24. The molecule has 10 heavy (non-hydrogen) atoms. The normalized spacial score (nSPS) is 28.3. The molecule has 4 N–H and O–H groups in total. The standard InChI is InChI=1S/C6H12N2O2/c7-5(6(8)9)4-2-1-3-10-4/h4-5H,1-3,7H2,(H2,8,9)/t4-,5+/m1/s1. The zero-order valence-corrected chi connectivity index (χ0v) is 5.75. The third-order valence-corrected chi connectivity index (χ3v) is 1.69. The number of hydrogen-bond donors (Lipinski definition) is 2. The van der Waals surface area contributed by atoms with E-state index < -0.39 is 11.9 Å². The van der Waals surface area contributed by atoms with Crippen molar-refractivity contribution in [2.24, 2.45) is 11.5 Å². The van der Waals surface area contributed by atoms with Crippen molar-refractivity contribution in [3.8, 4) is 0 Å². The third-order valence-electron chi connectivity index (χ3n) is 1.69. The van der Waals surface area contributed by atoms with Crippen molar-refractivity contribution in [2.75, 3.05) is 6.61 Å². The smallest absolute Gasteiger partial charge is 0.237 e. The highest BCUT2D eigenvalue weighted by Gasteiger charge is 2.26. The average Bonchev–Trinajstić information content (AvgIpc) is 2.36. The quantitative estimate of drug-likeness (QED) is 0.520. The molecule has 0 bridgehead atoms. The van der Waals surface area contributed by atoms with E-state index in [4.69, 9.17) is 16.2 Å². The molecule has 2 atom stereocenters. The van der Waals surface area contributed by atoms with Gasteiger partial charge in [0.05, 0.1) is 6.10 Å². The zero-order valence-electron chi connectivity index (χ0n) is 5.75. The number of primary amides is 1. The summed E-state index contributed by atoms with van der Waals surface area (Å²) in [5.41, 5.74) is 10.4. The molecule has 0 aliphatic carbocycles. The van der Waals surface area contributed by atoms with Gasteiger partial charge in [-0.15, -0.1) is 0 Å². The Morgan fingerprint density at radius 2 is 2.40 bits per heavy atom. The van der Waals surface area contributed by atoms with Gasteiger partial charge in [-0.05, 0) is 12.8 Å². The number of amides is 1. The second-order valence-corrected chi connectivity index (χ2v) is 2.48. The Labute approximate surface area is 59.5 Å². The van der Waals surface area contributed by atoms with Crippen LogP contribution < -0.4 is 11.5 Å². The van der Waals surface area contributed by atoms with Gasteiger partial charge in [0, 0.05) is 6.61 Å². The summed E-state index contributed by atoms with van der Waals surface area (Å²) in [4.78, 5) is 10.5. The zero-order chi connectivity index (χ0) is 7.56. The molecule has 0 aromatic heterocycles. The topological polar surface area (TPSA) is 78.3 Å². The Bertz CT molecular complexity index is 132. The highest BCUT2D eigenvalue weighted by Crippen LogP contribution is 2.13. The summed E-state index contributed by atoms with van der Waals surface area (Å²) in [7, 11) is 0. The number of hydrogen-bond acceptors (Lipinski definition) is 3. The first kappa shape index (κ1) is 7.50. The van der Waals surface area contributed by atoms with E-state index in [0.717, 1.165) is 12.8 Å². The van der Waals surface area contributed by atoms with Gasteiger partial charge in [0.25, 0.3) is 0 Å². The van der Waals surface area contributed by atoms with E-state index in [-0.39, 0.29) is 6.10 Å². The first-order chi connectivity index (χ1) is 4.72. The number of carbonyl (C=O) groups excluding carboxylic acids is 1. The van der Waals surface area contributed by atoms with Gasteiger partial charge in [0.15, 0.2) is 0 Å². The molecule has 0 aromatic carbocycles. The average molecular weight is 144 g/mol. The van der Waals surface area contributed by atoms with Gasteiger partial charge in [-0.1, -0.05) is 0 Å². The van der Waals surface area contributed by atoms with Gasteiger partial charge in [0.2, 0.25) is 5.91 Å². The van der Waals surface area contributed by atoms with E-state index >= 15 is 0 Å². The van der Waals surface area contributed by atoms with Crippen LogP contribution in [0.15, 0.2) is 0 Å². The Morgan fingerprint density at radius 1 is 1.70 bits per heavy atom. The first-order valence-corrected chi connectivity index (χ1v) is 3.38. The van der Waals surface area contributed by atoms with Crippen LogP contribution in [0.1, 0.15) is 12.8 Å². The molecular formula is C6H12N2O2. The van der Waals surface area contributed by atoms with Crippen LogP contribution in [0, 0.1) is 0 Å². The maximum Gasteiger partial charge on any atom is 0.237 e. The molecule has 1 fully saturated rings. The minimum atomic E-state index is -0.623. The van der Waals surface area contributed by atoms with Gasteiger partial charge in [-0.25, -0.2) is 0 Å². The van der Waals surface area contributed by atoms with Crippen LogP contribution in [-0.4, -0.2) is 24.7 Å². The van der Waals surface area contributed by atoms with E-state index in [1.165, 1.54) is 0 Å². The first-order valence-electron chi connectivity index (χ1n) is 3.38. The van der Waals surface area contributed by atoms with Gasteiger partial charge in [0.1, 0.15) is 6.04 Å². The van der Waals surface area contributed by atoms with E-state index in [1.54, 1.807) is 0 Å². The van der Waals surface area contributed by atoms with Crippen LogP contribution in [0.2, 0.25) is 0 Å². The fourth-order valence-corrected chi connectivity index (χ4v) is 1.07. The number of ether oxygens (including phenoxy) is 1. The third kappa shape index (κ3) is 1.46. The molecule has 1 saturated heterocycles. The fraction of sp³-hybridized carbons (Fsp3) is 0.833. The van der Waals surface area contributed by atoms with Crippen molar-refractivity contribution >= 4 is 5.91 Å². The molecule has 0 spiro atoms. The van der Waals surface area contributed by atoms with E-state index in [0.29, 0.717) is 6.61 Å². The van der Waals surface area contributed by atoms with Gasteiger partial charge >= 0.3 is 0 Å². The second-order valence-electron chi connectivity index (χ2n) is 2.48. The van der Waals surface area contributed by atoms with Crippen LogP contribution in [0.4, 0.5) is 0 Å². The Balaban J connectivity index is 2.39. The molecule has 0 saturated carbocycles. The molecular weight excluding hydrogens is 132 g/mol. The minimum Gasteiger partial charge on any atom is -0.376 e. The Morgan fingerprint density at radius 3 is 2.80 bits per heavy atom. The lowest BCUT2D eigenvalue weighted by atomic mass is 10.1. The maximum absolute atomic E-state index is 10.5. The molecule has 0 aromatic rings. The predicted molar refractivity (Wildman–Crippen MR) is 36.1 cm³/mol. The molecule has 4 heteroatoms. The fourth-order valence-electron chi connectivity index (χ4n) is 1.07. The lowest BCUT2D eigenvalue weighted by molar-refractivity contribution is -0.121. The molecule has 1 heterocycles. The maximum atomic E-state index is 10.5. The van der Waals surface area contributed by atoms with Crippen LogP contribution in [0.3, 0.4) is 0 Å². The lowest BCUT2D eigenvalue weighted by Crippen LogP contribution is -2.45. The number of carbonyl (C=O) groups is 1. The van der Waals surface area contributed by atoms with Crippen molar-refractivity contribution < 1.29 is 9.53 Å². The van der Waals surface area contributed by atoms with Crippen molar-refractivity contribution in [3.05, 3.63) is 0 Å². The van der Waals surface area contributed by atoms with Crippen LogP contribution in [0.25, 0.3) is 0 Å². The Hall–Kier alpha value is -0.610. The van der Waals surface area contributed by atoms with Crippen LogP contribution >= 0.6 is 0 Å². The lowest BCUT2D eigenvalue weighted by Gasteiger charge is -2.13. The summed E-state index contributed by atoms with van der Waals surface area (Å²) < 4.78 is 5.15. The molecule has 1 rings (SSSR count). The van der Waals surface area contributed by atoms with Gasteiger partial charge in [-0.3, -0.25) is 4.79 Å². The van der Waals surface area contributed by atoms with Crippen molar-refractivity contribution in [1.82, 2.24) is 0 Å². The highest BCUT2D eigenvalue weighted by molar-refractivity contribution is 5.80. The van der Waals surface area contributed by atoms with E-state index in [1.807, 2.05) is 0 Å². The molecule has 1 aliphatic rings. The monoisotopic (exact) mass is 144 g/mol. The SMILES string of the molecule is NC(=O)[C@@H](N)[C@H]1CCCO1. The predicted octanol–water partition coefficient (Wildman–Crippen LogP) is -1.02. The summed E-state index contributed by atoms with van der Waals surface area (Å²) in [5.74, 6) is -0.480. The molecule has 0 radical (unpaired) electrons. The molecule has 1 amide bonds. The summed E-state index contributed by atoms with van der Waals surface area (Å²) in [6, 6.07) is -0.623. The second kappa shape index (κ2) is 2.98. The van der Waals surface area contributed by atoms with Crippen molar-refractivity contribution in [2.45, 2.75) is 25.0 Å². The summed E-state index contributed by atoms with van der Waals surface area (Å²) in [5, 5.41) is 0. The van der Waals surface area contributed by atoms with Gasteiger partial charge in [-0.2, -0.15) is 0 Å².